The van der Waals surface area contributed by atoms with Gasteiger partial charge < -0.3 is 10.4 Å². The van der Waals surface area contributed by atoms with E-state index in [9.17, 15) is 5.11 Å². The molecule has 1 fully saturated rings. The Morgan fingerprint density at radius 2 is 2.27 bits per heavy atom. The van der Waals surface area contributed by atoms with Crippen molar-refractivity contribution in [2.24, 2.45) is 0 Å². The molecule has 11 heavy (non-hydrogen) atoms. The first-order chi connectivity index (χ1) is 5.22. The Bertz CT molecular complexity index is 107. The van der Waals surface area contributed by atoms with Crippen LogP contribution in [0.15, 0.2) is 0 Å². The van der Waals surface area contributed by atoms with Gasteiger partial charge >= 0.3 is 0 Å². The van der Waals surface area contributed by atoms with Crippen molar-refractivity contribution in [3.05, 3.63) is 0 Å². The normalized spacial score (nSPS) is 35.2. The standard InChI is InChI=1S/C8H18N2O/c1-3-10-5-7(2)9-4-8(11)6-10/h7-9,11H,3-6H2,1-2H3. The van der Waals surface area contributed by atoms with Crippen molar-refractivity contribution in [1.82, 2.24) is 10.2 Å². The number of rotatable bonds is 1. The fourth-order valence-electron chi connectivity index (χ4n) is 1.48. The minimum Gasteiger partial charge on any atom is -0.390 e. The van der Waals surface area contributed by atoms with E-state index >= 15 is 0 Å². The van der Waals surface area contributed by atoms with Crippen LogP contribution in [0.25, 0.3) is 0 Å². The lowest BCUT2D eigenvalue weighted by atomic mass is 10.3. The summed E-state index contributed by atoms with van der Waals surface area (Å²) in [5, 5.41) is 12.7. The molecule has 0 saturated carbocycles. The van der Waals surface area contributed by atoms with Crippen LogP contribution in [0, 0.1) is 0 Å². The van der Waals surface area contributed by atoms with Gasteiger partial charge in [0.1, 0.15) is 0 Å². The molecule has 0 bridgehead atoms. The molecule has 1 heterocycles. The first kappa shape index (κ1) is 8.97. The molecule has 0 radical (unpaired) electrons. The second-order valence-corrected chi connectivity index (χ2v) is 3.32. The summed E-state index contributed by atoms with van der Waals surface area (Å²) < 4.78 is 0. The second-order valence-electron chi connectivity index (χ2n) is 3.32. The van der Waals surface area contributed by atoms with E-state index in [1.165, 1.54) is 0 Å². The summed E-state index contributed by atoms with van der Waals surface area (Å²) in [6, 6.07) is 0.507. The van der Waals surface area contributed by atoms with Gasteiger partial charge in [-0.3, -0.25) is 4.90 Å². The Kier molecular flexibility index (Phi) is 3.30. The molecule has 1 rings (SSSR count). The molecule has 3 nitrogen and oxygen atoms in total. The van der Waals surface area contributed by atoms with Gasteiger partial charge in [0.25, 0.3) is 0 Å². The summed E-state index contributed by atoms with van der Waals surface area (Å²) >= 11 is 0. The Balaban J connectivity index is 2.41. The molecule has 0 aromatic carbocycles. The van der Waals surface area contributed by atoms with E-state index in [4.69, 9.17) is 0 Å². The zero-order valence-electron chi connectivity index (χ0n) is 7.38. The van der Waals surface area contributed by atoms with E-state index in [1.54, 1.807) is 0 Å². The summed E-state index contributed by atoms with van der Waals surface area (Å²) in [5.41, 5.74) is 0. The third kappa shape index (κ3) is 2.77. The van der Waals surface area contributed by atoms with Gasteiger partial charge in [-0.2, -0.15) is 0 Å². The van der Waals surface area contributed by atoms with Crippen LogP contribution in [-0.4, -0.2) is 48.3 Å². The first-order valence-corrected chi connectivity index (χ1v) is 4.36. The zero-order chi connectivity index (χ0) is 8.27. The minimum absolute atomic E-state index is 0.195. The Labute approximate surface area is 68.4 Å². The average molecular weight is 158 g/mol. The van der Waals surface area contributed by atoms with Crippen molar-refractivity contribution in [2.45, 2.75) is 26.0 Å². The molecule has 3 heteroatoms. The molecule has 0 aromatic heterocycles. The SMILES string of the molecule is CCN1CC(O)CNC(C)C1. The number of nitrogens with one attached hydrogen (secondary N) is 1. The van der Waals surface area contributed by atoms with Crippen LogP contribution in [0.3, 0.4) is 0 Å². The number of aliphatic hydroxyl groups is 1. The fourth-order valence-corrected chi connectivity index (χ4v) is 1.48. The number of hydrogen-bond acceptors (Lipinski definition) is 3. The lowest BCUT2D eigenvalue weighted by Crippen LogP contribution is -2.35. The predicted octanol–water partition coefficient (Wildman–Crippen LogP) is -0.339. The van der Waals surface area contributed by atoms with Crippen LogP contribution >= 0.6 is 0 Å². The summed E-state index contributed by atoms with van der Waals surface area (Å²) in [6.07, 6.45) is -0.195. The number of aliphatic hydroxyl groups excluding tert-OH is 1. The Morgan fingerprint density at radius 3 is 2.91 bits per heavy atom. The third-order valence-corrected chi connectivity index (χ3v) is 2.15. The summed E-state index contributed by atoms with van der Waals surface area (Å²) in [4.78, 5) is 2.27. The maximum Gasteiger partial charge on any atom is 0.0791 e. The quantitative estimate of drug-likeness (QED) is 0.548. The number of β-amino-alcohol motifs (C(OH)–C–C–N with tert-alkyl or cyclic N) is 1. The molecular weight excluding hydrogens is 140 g/mol. The highest BCUT2D eigenvalue weighted by atomic mass is 16.3. The monoisotopic (exact) mass is 158 g/mol. The van der Waals surface area contributed by atoms with Crippen molar-refractivity contribution < 1.29 is 5.11 Å². The number of hydrogen-bond donors (Lipinski definition) is 2. The predicted molar refractivity (Wildman–Crippen MR) is 45.6 cm³/mol. The van der Waals surface area contributed by atoms with E-state index in [1.807, 2.05) is 0 Å². The van der Waals surface area contributed by atoms with Crippen LogP contribution in [0.2, 0.25) is 0 Å². The second kappa shape index (κ2) is 4.04. The van der Waals surface area contributed by atoms with Crippen molar-refractivity contribution in [3.8, 4) is 0 Å². The molecule has 0 aromatic rings. The maximum absolute atomic E-state index is 9.40. The van der Waals surface area contributed by atoms with E-state index < -0.39 is 0 Å². The topological polar surface area (TPSA) is 35.5 Å². The minimum atomic E-state index is -0.195. The molecule has 1 aliphatic heterocycles. The summed E-state index contributed by atoms with van der Waals surface area (Å²) in [6.45, 7) is 7.91. The van der Waals surface area contributed by atoms with Gasteiger partial charge in [-0.15, -0.1) is 0 Å². The number of nitrogens with zero attached hydrogens (tertiary/aromatic N) is 1. The largest absolute Gasteiger partial charge is 0.390 e. The van der Waals surface area contributed by atoms with Crippen molar-refractivity contribution in [2.75, 3.05) is 26.2 Å². The Morgan fingerprint density at radius 1 is 1.55 bits per heavy atom. The highest BCUT2D eigenvalue weighted by Crippen LogP contribution is 1.99. The summed E-state index contributed by atoms with van der Waals surface area (Å²) in [7, 11) is 0. The molecular formula is C8H18N2O. The molecule has 2 unspecified atom stereocenters. The van der Waals surface area contributed by atoms with E-state index in [-0.39, 0.29) is 6.10 Å². The lowest BCUT2D eigenvalue weighted by Gasteiger charge is -2.20. The highest BCUT2D eigenvalue weighted by Gasteiger charge is 2.17. The molecule has 1 aliphatic rings. The molecule has 2 atom stereocenters. The van der Waals surface area contributed by atoms with Crippen LogP contribution in [0.4, 0.5) is 0 Å². The average Bonchev–Trinajstić information content (AvgIpc) is 2.13. The fraction of sp³-hybridized carbons (Fsp3) is 1.00. The Hall–Kier alpha value is -0.120. The van der Waals surface area contributed by atoms with Gasteiger partial charge in [-0.25, -0.2) is 0 Å². The molecule has 1 saturated heterocycles. The van der Waals surface area contributed by atoms with Crippen LogP contribution in [0.1, 0.15) is 13.8 Å². The number of likely N-dealkylation sites (N-methyl/N-ethyl adjacent to an activating group) is 1. The van der Waals surface area contributed by atoms with Crippen LogP contribution in [-0.2, 0) is 0 Å². The van der Waals surface area contributed by atoms with E-state index in [2.05, 4.69) is 24.1 Å². The van der Waals surface area contributed by atoms with Gasteiger partial charge in [0.05, 0.1) is 6.10 Å². The van der Waals surface area contributed by atoms with Crippen LogP contribution in [0.5, 0.6) is 0 Å². The zero-order valence-corrected chi connectivity index (χ0v) is 7.38. The molecule has 0 spiro atoms. The van der Waals surface area contributed by atoms with Crippen molar-refractivity contribution >= 4 is 0 Å². The van der Waals surface area contributed by atoms with Gasteiger partial charge in [0, 0.05) is 25.7 Å². The van der Waals surface area contributed by atoms with Crippen molar-refractivity contribution in [3.63, 3.8) is 0 Å². The highest BCUT2D eigenvalue weighted by molar-refractivity contribution is 4.76. The molecule has 0 amide bonds. The van der Waals surface area contributed by atoms with Crippen LogP contribution < -0.4 is 5.32 Å². The molecule has 0 aliphatic carbocycles. The van der Waals surface area contributed by atoms with Gasteiger partial charge in [0.15, 0.2) is 0 Å². The summed E-state index contributed by atoms with van der Waals surface area (Å²) in [5.74, 6) is 0. The van der Waals surface area contributed by atoms with E-state index in [0.29, 0.717) is 6.04 Å². The maximum atomic E-state index is 9.40. The van der Waals surface area contributed by atoms with Gasteiger partial charge in [-0.1, -0.05) is 6.92 Å². The third-order valence-electron chi connectivity index (χ3n) is 2.15. The first-order valence-electron chi connectivity index (χ1n) is 4.36. The molecule has 2 N–H and O–H groups in total. The van der Waals surface area contributed by atoms with Crippen molar-refractivity contribution in [1.29, 1.82) is 0 Å². The lowest BCUT2D eigenvalue weighted by molar-refractivity contribution is 0.133. The van der Waals surface area contributed by atoms with Gasteiger partial charge in [-0.05, 0) is 13.5 Å². The van der Waals surface area contributed by atoms with E-state index in [0.717, 1.165) is 26.2 Å². The van der Waals surface area contributed by atoms with Gasteiger partial charge in [0.2, 0.25) is 0 Å². The molecule has 66 valence electrons. The smallest absolute Gasteiger partial charge is 0.0791 e.